The molecule has 8 aromatic carbocycles. The Balaban J connectivity index is 1.18. The minimum atomic E-state index is 0.564. The van der Waals surface area contributed by atoms with Crippen LogP contribution in [0.25, 0.3) is 111 Å². The van der Waals surface area contributed by atoms with Gasteiger partial charge in [-0.3, -0.25) is 0 Å². The van der Waals surface area contributed by atoms with Crippen molar-refractivity contribution in [2.24, 2.45) is 0 Å². The molecule has 0 unspecified atom stereocenters. The minimum Gasteiger partial charge on any atom is -0.456 e. The summed E-state index contributed by atoms with van der Waals surface area (Å²) in [7, 11) is 0. The lowest BCUT2D eigenvalue weighted by molar-refractivity contribution is 0.669. The highest BCUT2D eigenvalue weighted by molar-refractivity contribution is 6.22. The van der Waals surface area contributed by atoms with Gasteiger partial charge in [-0.05, 0) is 51.9 Å². The topological polar surface area (TPSA) is 65.0 Å². The van der Waals surface area contributed by atoms with E-state index in [-0.39, 0.29) is 0 Å². The zero-order valence-corrected chi connectivity index (χ0v) is 28.9. The average Bonchev–Trinajstić information content (AvgIpc) is 3.83. The molecule has 0 saturated carbocycles. The number of nitrogens with zero attached hydrogens (tertiary/aromatic N) is 3. The monoisotopic (exact) mass is 691 g/mol. The van der Waals surface area contributed by atoms with Crippen LogP contribution in [-0.2, 0) is 0 Å². The molecule has 0 N–H and O–H groups in total. The summed E-state index contributed by atoms with van der Waals surface area (Å²) in [4.78, 5) is 15.7. The highest BCUT2D eigenvalue weighted by Gasteiger charge is 2.22. The van der Waals surface area contributed by atoms with Crippen molar-refractivity contribution in [1.82, 2.24) is 15.0 Å². The standard InChI is InChI=1S/C49H29N3O2/c1-3-13-30(14-4-1)31-25-27-33(28-26-31)47-50-48(37-20-11-23-42-44(37)36-19-9-10-22-41(36)53-42)52-49(51-47)38-21-12-24-43-45(38)40-29-39(32-15-5-2-6-16-32)34-17-7-8-18-35(34)46(40)54-43/h1-29H. The van der Waals surface area contributed by atoms with Crippen molar-refractivity contribution in [2.45, 2.75) is 0 Å². The molecule has 0 aliphatic rings. The van der Waals surface area contributed by atoms with Crippen LogP contribution < -0.4 is 0 Å². The van der Waals surface area contributed by atoms with Crippen LogP contribution >= 0.6 is 0 Å². The number of hydrogen-bond acceptors (Lipinski definition) is 5. The number of rotatable bonds is 5. The molecule has 252 valence electrons. The molecule has 0 aliphatic heterocycles. The first-order valence-electron chi connectivity index (χ1n) is 18.0. The molecule has 3 heterocycles. The number of furan rings is 2. The third-order valence-electron chi connectivity index (χ3n) is 10.4. The van der Waals surface area contributed by atoms with E-state index in [1.54, 1.807) is 0 Å². The van der Waals surface area contributed by atoms with Crippen molar-refractivity contribution in [3.8, 4) is 56.4 Å². The van der Waals surface area contributed by atoms with Gasteiger partial charge in [-0.1, -0.05) is 152 Å². The molecule has 0 spiro atoms. The molecule has 0 radical (unpaired) electrons. The fraction of sp³-hybridized carbons (Fsp3) is 0. The van der Waals surface area contributed by atoms with Gasteiger partial charge >= 0.3 is 0 Å². The Morgan fingerprint density at radius 2 is 0.796 bits per heavy atom. The van der Waals surface area contributed by atoms with Crippen LogP contribution in [-0.4, -0.2) is 15.0 Å². The predicted molar refractivity (Wildman–Crippen MR) is 219 cm³/mol. The van der Waals surface area contributed by atoms with Crippen molar-refractivity contribution in [1.29, 1.82) is 0 Å². The summed E-state index contributed by atoms with van der Waals surface area (Å²) >= 11 is 0. The van der Waals surface area contributed by atoms with Gasteiger partial charge in [-0.15, -0.1) is 0 Å². The lowest BCUT2D eigenvalue weighted by Crippen LogP contribution is -2.00. The van der Waals surface area contributed by atoms with E-state index in [1.807, 2.05) is 54.6 Å². The van der Waals surface area contributed by atoms with Crippen LogP contribution in [0.5, 0.6) is 0 Å². The zero-order chi connectivity index (χ0) is 35.6. The average molecular weight is 692 g/mol. The smallest absolute Gasteiger partial charge is 0.164 e. The third-order valence-corrected chi connectivity index (χ3v) is 10.4. The number of benzene rings is 8. The molecule has 0 fully saturated rings. The maximum absolute atomic E-state index is 6.72. The highest BCUT2D eigenvalue weighted by Crippen LogP contribution is 2.43. The summed E-state index contributed by atoms with van der Waals surface area (Å²) in [6.07, 6.45) is 0. The van der Waals surface area contributed by atoms with Gasteiger partial charge in [-0.2, -0.15) is 0 Å². The number of hydrogen-bond donors (Lipinski definition) is 0. The van der Waals surface area contributed by atoms with Gasteiger partial charge in [0.05, 0.1) is 0 Å². The quantitative estimate of drug-likeness (QED) is 0.180. The van der Waals surface area contributed by atoms with E-state index in [2.05, 4.69) is 121 Å². The maximum atomic E-state index is 6.72. The lowest BCUT2D eigenvalue weighted by atomic mass is 9.94. The van der Waals surface area contributed by atoms with Crippen LogP contribution in [0.2, 0.25) is 0 Å². The minimum absolute atomic E-state index is 0.564. The normalized spacial score (nSPS) is 11.7. The fourth-order valence-electron chi connectivity index (χ4n) is 7.84. The first-order valence-corrected chi connectivity index (χ1v) is 18.0. The van der Waals surface area contributed by atoms with Crippen LogP contribution in [0.1, 0.15) is 0 Å². The SMILES string of the molecule is c1ccc(-c2ccc(-c3nc(-c4cccc5oc6ccccc6c45)nc(-c4cccc5oc6c7ccccc7c(-c7ccccc7)cc6c45)n3)cc2)cc1. The summed E-state index contributed by atoms with van der Waals surface area (Å²) in [6.45, 7) is 0. The molecule has 3 aromatic heterocycles. The fourth-order valence-corrected chi connectivity index (χ4v) is 7.84. The van der Waals surface area contributed by atoms with Crippen molar-refractivity contribution in [3.05, 3.63) is 176 Å². The Morgan fingerprint density at radius 1 is 0.296 bits per heavy atom. The largest absolute Gasteiger partial charge is 0.456 e. The Kier molecular flexibility index (Phi) is 6.79. The summed E-state index contributed by atoms with van der Waals surface area (Å²) < 4.78 is 13.0. The van der Waals surface area contributed by atoms with E-state index in [9.17, 15) is 0 Å². The summed E-state index contributed by atoms with van der Waals surface area (Å²) in [5.41, 5.74) is 10.4. The first-order chi connectivity index (χ1) is 26.8. The lowest BCUT2D eigenvalue weighted by Gasteiger charge is -2.11. The van der Waals surface area contributed by atoms with E-state index >= 15 is 0 Å². The van der Waals surface area contributed by atoms with Gasteiger partial charge in [0.1, 0.15) is 22.3 Å². The van der Waals surface area contributed by atoms with E-state index < -0.39 is 0 Å². The molecule has 0 amide bonds. The number of fused-ring (bicyclic) bond motifs is 8. The Bertz CT molecular complexity index is 3200. The molecule has 11 rings (SSSR count). The van der Waals surface area contributed by atoms with Gasteiger partial charge in [0.25, 0.3) is 0 Å². The Morgan fingerprint density at radius 3 is 1.50 bits per heavy atom. The summed E-state index contributed by atoms with van der Waals surface area (Å²) in [5.74, 6) is 1.72. The molecule has 5 heteroatoms. The van der Waals surface area contributed by atoms with Gasteiger partial charge in [-0.25, -0.2) is 15.0 Å². The van der Waals surface area contributed by atoms with Gasteiger partial charge in [0.2, 0.25) is 0 Å². The second-order valence-electron chi connectivity index (χ2n) is 13.5. The van der Waals surface area contributed by atoms with E-state index in [0.29, 0.717) is 17.5 Å². The molecule has 5 nitrogen and oxygen atoms in total. The number of para-hydroxylation sites is 1. The van der Waals surface area contributed by atoms with E-state index in [4.69, 9.17) is 23.8 Å². The molecule has 54 heavy (non-hydrogen) atoms. The zero-order valence-electron chi connectivity index (χ0n) is 28.9. The second kappa shape index (κ2) is 12.1. The number of aromatic nitrogens is 3. The first kappa shape index (κ1) is 30.3. The van der Waals surface area contributed by atoms with Gasteiger partial charge < -0.3 is 8.83 Å². The Hall–Kier alpha value is -7.37. The van der Waals surface area contributed by atoms with E-state index in [1.165, 1.54) is 0 Å². The van der Waals surface area contributed by atoms with Gasteiger partial charge in [0.15, 0.2) is 17.5 Å². The molecular weight excluding hydrogens is 663 g/mol. The molecule has 0 bridgehead atoms. The third kappa shape index (κ3) is 4.83. The Labute approximate surface area is 309 Å². The van der Waals surface area contributed by atoms with Crippen LogP contribution in [0.15, 0.2) is 185 Å². The van der Waals surface area contributed by atoms with Crippen LogP contribution in [0.3, 0.4) is 0 Å². The molecule has 0 saturated heterocycles. The van der Waals surface area contributed by atoms with Crippen molar-refractivity contribution < 1.29 is 8.83 Å². The van der Waals surface area contributed by atoms with E-state index in [0.717, 1.165) is 93.6 Å². The summed E-state index contributed by atoms with van der Waals surface area (Å²) in [5, 5.41) is 6.16. The van der Waals surface area contributed by atoms with Gasteiger partial charge in [0, 0.05) is 43.6 Å². The molecule has 0 aliphatic carbocycles. The van der Waals surface area contributed by atoms with Crippen LogP contribution in [0, 0.1) is 0 Å². The van der Waals surface area contributed by atoms with Crippen molar-refractivity contribution in [3.63, 3.8) is 0 Å². The second-order valence-corrected chi connectivity index (χ2v) is 13.5. The van der Waals surface area contributed by atoms with Crippen molar-refractivity contribution in [2.75, 3.05) is 0 Å². The molecule has 0 atom stereocenters. The predicted octanol–water partition coefficient (Wildman–Crippen LogP) is 13.2. The highest BCUT2D eigenvalue weighted by atomic mass is 16.3. The van der Waals surface area contributed by atoms with Crippen LogP contribution in [0.4, 0.5) is 0 Å². The summed E-state index contributed by atoms with van der Waals surface area (Å²) in [6, 6.07) is 60.3. The molecule has 11 aromatic rings. The molecular formula is C49H29N3O2. The maximum Gasteiger partial charge on any atom is 0.164 e. The van der Waals surface area contributed by atoms with Crippen molar-refractivity contribution >= 4 is 54.6 Å².